The van der Waals surface area contributed by atoms with Crippen molar-refractivity contribution in [2.75, 3.05) is 4.90 Å². The van der Waals surface area contributed by atoms with Crippen molar-refractivity contribution in [3.05, 3.63) is 203 Å². The molecule has 0 amide bonds. The second kappa shape index (κ2) is 13.5. The molecular formula is C54H40N2OS. The summed E-state index contributed by atoms with van der Waals surface area (Å²) in [4.78, 5) is 2.49. The standard InChI is InChI=1S/C54H40N2OS/c1-2-14-39(15-3-1)56-48-20-7-4-16-42(48)43-30-26-38(33-50(43)56)37-13-10-12-36(32-37)35-24-27-40(28-25-35)55(41-29-31-46-45-18-6-9-23-52(45)58-53(46)34-41)49-21-11-19-47-44-17-5-8-22-51(44)57-54(47)49/h1-10,12,14-20,22-24,26-35,37H,11,13,21,25H2. The minimum absolute atomic E-state index is 0.306. The molecule has 2 unspecified atom stereocenters. The van der Waals surface area contributed by atoms with Crippen LogP contribution in [-0.2, 0) is 0 Å². The maximum atomic E-state index is 6.70. The number of aromatic nitrogens is 1. The third-order valence-electron chi connectivity index (χ3n) is 12.5. The summed E-state index contributed by atoms with van der Waals surface area (Å²) in [6.45, 7) is 0. The maximum absolute atomic E-state index is 6.70. The Morgan fingerprint density at radius 2 is 1.40 bits per heavy atom. The van der Waals surface area contributed by atoms with Crippen molar-refractivity contribution < 1.29 is 4.42 Å². The van der Waals surface area contributed by atoms with Crippen LogP contribution in [0.3, 0.4) is 0 Å². The van der Waals surface area contributed by atoms with E-state index >= 15 is 0 Å². The van der Waals surface area contributed by atoms with Crippen molar-refractivity contribution in [3.63, 3.8) is 0 Å². The summed E-state index contributed by atoms with van der Waals surface area (Å²) in [6, 6.07) is 50.9. The SMILES string of the molecule is C1=CC(C2C=CC(N(C3=c4oc5ccccc5c4=CCC3)c3ccc4c(c3)sc3ccccc34)=CC2)=CC(c2ccc3c4ccccc4n(-c4ccccc4)c3c2)C1. The van der Waals surface area contributed by atoms with Gasteiger partial charge in [-0.05, 0) is 91.4 Å². The van der Waals surface area contributed by atoms with Gasteiger partial charge in [-0.25, -0.2) is 0 Å². The molecule has 6 aromatic carbocycles. The maximum Gasteiger partial charge on any atom is 0.154 e. The van der Waals surface area contributed by atoms with E-state index in [2.05, 4.69) is 192 Å². The summed E-state index contributed by atoms with van der Waals surface area (Å²) in [6.07, 6.45) is 20.7. The first kappa shape index (κ1) is 33.5. The molecule has 0 aliphatic heterocycles. The Morgan fingerprint density at radius 3 is 2.29 bits per heavy atom. The number of nitrogens with zero attached hydrogens (tertiary/aromatic N) is 2. The quantitative estimate of drug-likeness (QED) is 0.168. The van der Waals surface area contributed by atoms with Gasteiger partial charge in [0.15, 0.2) is 5.42 Å². The van der Waals surface area contributed by atoms with Crippen LogP contribution in [0.1, 0.15) is 37.2 Å². The van der Waals surface area contributed by atoms with E-state index in [1.54, 1.807) is 0 Å². The van der Waals surface area contributed by atoms with Crippen LogP contribution in [0.4, 0.5) is 5.69 Å². The van der Waals surface area contributed by atoms with Gasteiger partial charge in [-0.1, -0.05) is 127 Å². The van der Waals surface area contributed by atoms with Crippen molar-refractivity contribution in [2.45, 2.75) is 31.6 Å². The van der Waals surface area contributed by atoms with Crippen LogP contribution in [0, 0.1) is 5.92 Å². The predicted octanol–water partition coefficient (Wildman–Crippen LogP) is 13.2. The Labute approximate surface area is 340 Å². The van der Waals surface area contributed by atoms with Crippen molar-refractivity contribution in [1.29, 1.82) is 0 Å². The smallest absolute Gasteiger partial charge is 0.154 e. The van der Waals surface area contributed by atoms with E-state index in [0.717, 1.165) is 36.7 Å². The molecule has 4 heteroatoms. The zero-order valence-electron chi connectivity index (χ0n) is 32.0. The minimum Gasteiger partial charge on any atom is -0.454 e. The molecule has 0 saturated carbocycles. The number of furan rings is 1. The molecule has 3 aliphatic rings. The van der Waals surface area contributed by atoms with Gasteiger partial charge in [-0.3, -0.25) is 0 Å². The van der Waals surface area contributed by atoms with Crippen LogP contribution in [0.5, 0.6) is 0 Å². The zero-order chi connectivity index (χ0) is 38.2. The monoisotopic (exact) mass is 764 g/mol. The summed E-state index contributed by atoms with van der Waals surface area (Å²) < 4.78 is 11.8. The van der Waals surface area contributed by atoms with Gasteiger partial charge in [-0.2, -0.15) is 0 Å². The summed E-state index contributed by atoms with van der Waals surface area (Å²) >= 11 is 1.87. The summed E-state index contributed by atoms with van der Waals surface area (Å²) in [7, 11) is 0. The van der Waals surface area contributed by atoms with Gasteiger partial charge in [0.1, 0.15) is 5.58 Å². The highest BCUT2D eigenvalue weighted by molar-refractivity contribution is 7.25. The van der Waals surface area contributed by atoms with E-state index in [0.29, 0.717) is 11.8 Å². The number of allylic oxidation sites excluding steroid dienone is 7. The van der Waals surface area contributed by atoms with Crippen LogP contribution in [0.15, 0.2) is 192 Å². The molecule has 0 saturated heterocycles. The number of benzene rings is 6. The minimum atomic E-state index is 0.306. The summed E-state index contributed by atoms with van der Waals surface area (Å²) in [5.41, 5.74) is 12.0. The van der Waals surface area contributed by atoms with Gasteiger partial charge >= 0.3 is 0 Å². The Morgan fingerprint density at radius 1 is 0.621 bits per heavy atom. The lowest BCUT2D eigenvalue weighted by molar-refractivity contribution is 0.565. The predicted molar refractivity (Wildman–Crippen MR) is 245 cm³/mol. The van der Waals surface area contributed by atoms with Gasteiger partial charge in [-0.15, -0.1) is 11.3 Å². The van der Waals surface area contributed by atoms with Crippen LogP contribution in [0.25, 0.3) is 70.4 Å². The largest absolute Gasteiger partial charge is 0.454 e. The van der Waals surface area contributed by atoms with Gasteiger partial charge in [0.25, 0.3) is 0 Å². The molecule has 3 nitrogen and oxygen atoms in total. The lowest BCUT2D eigenvalue weighted by Gasteiger charge is -2.31. The second-order valence-electron chi connectivity index (χ2n) is 15.9. The highest BCUT2D eigenvalue weighted by Gasteiger charge is 2.26. The number of para-hydroxylation sites is 3. The van der Waals surface area contributed by atoms with Crippen molar-refractivity contribution in [3.8, 4) is 5.69 Å². The van der Waals surface area contributed by atoms with Crippen LogP contribution >= 0.6 is 11.3 Å². The van der Waals surface area contributed by atoms with Crippen LogP contribution in [-0.4, -0.2) is 4.57 Å². The van der Waals surface area contributed by atoms with Crippen LogP contribution in [0.2, 0.25) is 0 Å². The third kappa shape index (κ3) is 5.39. The number of hydrogen-bond acceptors (Lipinski definition) is 3. The van der Waals surface area contributed by atoms with Crippen molar-refractivity contribution >= 4 is 81.7 Å². The highest BCUT2D eigenvalue weighted by atomic mass is 32.1. The molecular weight excluding hydrogens is 725 g/mol. The van der Waals surface area contributed by atoms with Gasteiger partial charge in [0, 0.05) is 70.5 Å². The van der Waals surface area contributed by atoms with Gasteiger partial charge < -0.3 is 13.9 Å². The van der Waals surface area contributed by atoms with Gasteiger partial charge in [0.2, 0.25) is 0 Å². The molecule has 0 fully saturated rings. The van der Waals surface area contributed by atoms with Crippen molar-refractivity contribution in [1.82, 2.24) is 4.57 Å². The molecule has 0 spiro atoms. The fourth-order valence-corrected chi connectivity index (χ4v) is 10.9. The molecule has 3 heterocycles. The fraction of sp³-hybridized carbons (Fsp3) is 0.111. The number of thiophene rings is 1. The van der Waals surface area contributed by atoms with E-state index in [4.69, 9.17) is 4.42 Å². The molecule has 58 heavy (non-hydrogen) atoms. The molecule has 0 N–H and O–H groups in total. The Hall–Kier alpha value is -6.62. The molecule has 3 aliphatic carbocycles. The number of rotatable bonds is 6. The van der Waals surface area contributed by atoms with E-state index in [-0.39, 0.29) is 0 Å². The summed E-state index contributed by atoms with van der Waals surface area (Å²) in [5, 5.41) is 7.64. The molecule has 12 rings (SSSR count). The Kier molecular flexibility index (Phi) is 7.80. The molecule has 2 atom stereocenters. The molecule has 0 radical (unpaired) electrons. The first-order chi connectivity index (χ1) is 28.7. The molecule has 3 aromatic heterocycles. The average molecular weight is 765 g/mol. The van der Waals surface area contributed by atoms with Gasteiger partial charge in [0.05, 0.1) is 16.7 Å². The first-order valence-electron chi connectivity index (χ1n) is 20.5. The molecule has 278 valence electrons. The highest BCUT2D eigenvalue weighted by Crippen LogP contribution is 2.41. The van der Waals surface area contributed by atoms with E-state index < -0.39 is 0 Å². The van der Waals surface area contributed by atoms with E-state index in [9.17, 15) is 0 Å². The number of anilines is 1. The molecule has 9 aromatic rings. The van der Waals surface area contributed by atoms with Crippen LogP contribution < -0.4 is 15.5 Å². The topological polar surface area (TPSA) is 21.3 Å². The third-order valence-corrected chi connectivity index (χ3v) is 13.7. The lowest BCUT2D eigenvalue weighted by Crippen LogP contribution is -2.34. The van der Waals surface area contributed by atoms with E-state index in [1.165, 1.54) is 86.5 Å². The Balaban J connectivity index is 0.916. The average Bonchev–Trinajstić information content (AvgIpc) is 3.97. The van der Waals surface area contributed by atoms with Crippen molar-refractivity contribution in [2.24, 2.45) is 5.92 Å². The first-order valence-corrected chi connectivity index (χ1v) is 21.3. The zero-order valence-corrected chi connectivity index (χ0v) is 32.8. The lowest BCUT2D eigenvalue weighted by atomic mass is 9.82. The number of fused-ring (bicyclic) bond motifs is 9. The normalized spacial score (nSPS) is 17.9. The number of hydrogen-bond donors (Lipinski definition) is 0. The van der Waals surface area contributed by atoms with E-state index in [1.807, 2.05) is 11.3 Å². The summed E-state index contributed by atoms with van der Waals surface area (Å²) in [5.74, 6) is 0.621. The fourth-order valence-electron chi connectivity index (χ4n) is 9.76. The Bertz CT molecular complexity index is 3370. The second-order valence-corrected chi connectivity index (χ2v) is 16.9. The molecule has 0 bridgehead atoms.